The largest absolute Gasteiger partial charge is 0.337 e. The number of hydrazine groups is 1. The van der Waals surface area contributed by atoms with Gasteiger partial charge in [-0.05, 0) is 49.7 Å². The minimum atomic E-state index is 0.0578. The number of carbonyl (C=O) groups excluding carboxylic acids is 1. The van der Waals surface area contributed by atoms with Gasteiger partial charge in [0.05, 0.1) is 11.9 Å². The molecule has 0 radical (unpaired) electrons. The van der Waals surface area contributed by atoms with Crippen LogP contribution in [0.25, 0.3) is 0 Å². The molecule has 1 heterocycles. The lowest BCUT2D eigenvalue weighted by Crippen LogP contribution is -2.35. The van der Waals surface area contributed by atoms with Crippen LogP contribution >= 0.6 is 0 Å². The van der Waals surface area contributed by atoms with Crippen LogP contribution in [0.4, 0.5) is 5.69 Å². The highest BCUT2D eigenvalue weighted by Crippen LogP contribution is 2.34. The van der Waals surface area contributed by atoms with E-state index in [1.54, 1.807) is 18.3 Å². The van der Waals surface area contributed by atoms with Crippen LogP contribution < -0.4 is 11.3 Å². The molecule has 102 valence electrons. The van der Waals surface area contributed by atoms with E-state index in [1.807, 2.05) is 4.90 Å². The van der Waals surface area contributed by atoms with Gasteiger partial charge in [-0.1, -0.05) is 0 Å². The van der Waals surface area contributed by atoms with E-state index in [-0.39, 0.29) is 5.91 Å². The van der Waals surface area contributed by atoms with Gasteiger partial charge in [-0.3, -0.25) is 10.6 Å². The van der Waals surface area contributed by atoms with Crippen molar-refractivity contribution in [1.29, 1.82) is 0 Å². The molecule has 0 saturated heterocycles. The van der Waals surface area contributed by atoms with E-state index in [4.69, 9.17) is 5.84 Å². The van der Waals surface area contributed by atoms with Crippen molar-refractivity contribution in [3.63, 3.8) is 0 Å². The smallest absolute Gasteiger partial charge is 0.272 e. The minimum Gasteiger partial charge on any atom is -0.337 e. The van der Waals surface area contributed by atoms with Crippen molar-refractivity contribution in [3.8, 4) is 0 Å². The van der Waals surface area contributed by atoms with Gasteiger partial charge in [0.25, 0.3) is 5.91 Å². The van der Waals surface area contributed by atoms with Gasteiger partial charge in [0.2, 0.25) is 0 Å². The molecule has 2 aliphatic carbocycles. The van der Waals surface area contributed by atoms with Gasteiger partial charge < -0.3 is 10.3 Å². The number of aromatic nitrogens is 1. The van der Waals surface area contributed by atoms with E-state index in [0.29, 0.717) is 23.2 Å². The fourth-order valence-corrected chi connectivity index (χ4v) is 2.23. The number of hydrogen-bond donors (Lipinski definition) is 2. The maximum absolute atomic E-state index is 12.5. The van der Waals surface area contributed by atoms with Gasteiger partial charge in [0.1, 0.15) is 5.69 Å². The normalized spacial score (nSPS) is 18.2. The monoisotopic (exact) mass is 260 g/mol. The Bertz CT molecular complexity index is 437. The highest BCUT2D eigenvalue weighted by molar-refractivity contribution is 5.92. The molecule has 2 saturated carbocycles. The Morgan fingerprint density at radius 2 is 1.89 bits per heavy atom. The molecule has 0 spiro atoms. The SMILES string of the molecule is NNc1ccc(C(=O)N(CC2CC2)CC2CC2)nc1. The van der Waals surface area contributed by atoms with E-state index >= 15 is 0 Å². The summed E-state index contributed by atoms with van der Waals surface area (Å²) in [7, 11) is 0. The molecule has 3 rings (SSSR count). The summed E-state index contributed by atoms with van der Waals surface area (Å²) < 4.78 is 0. The van der Waals surface area contributed by atoms with Crippen LogP contribution in [0, 0.1) is 11.8 Å². The third-order valence-corrected chi connectivity index (χ3v) is 3.79. The molecule has 5 nitrogen and oxygen atoms in total. The second kappa shape index (κ2) is 5.17. The summed E-state index contributed by atoms with van der Waals surface area (Å²) >= 11 is 0. The summed E-state index contributed by atoms with van der Waals surface area (Å²) in [4.78, 5) is 18.7. The maximum Gasteiger partial charge on any atom is 0.272 e. The Labute approximate surface area is 113 Å². The number of hydrogen-bond acceptors (Lipinski definition) is 4. The molecular weight excluding hydrogens is 240 g/mol. The fourth-order valence-electron chi connectivity index (χ4n) is 2.23. The maximum atomic E-state index is 12.5. The first-order valence-electron chi connectivity index (χ1n) is 6.98. The Balaban J connectivity index is 1.69. The molecule has 1 amide bonds. The third-order valence-electron chi connectivity index (χ3n) is 3.79. The number of pyridine rings is 1. The molecule has 2 fully saturated rings. The summed E-state index contributed by atoms with van der Waals surface area (Å²) in [5.74, 6) is 6.79. The number of nitrogen functional groups attached to an aromatic ring is 1. The Morgan fingerprint density at radius 1 is 1.26 bits per heavy atom. The summed E-state index contributed by atoms with van der Waals surface area (Å²) in [5, 5.41) is 0. The fraction of sp³-hybridized carbons (Fsp3) is 0.571. The Hall–Kier alpha value is -1.62. The van der Waals surface area contributed by atoms with Crippen molar-refractivity contribution < 1.29 is 4.79 Å². The van der Waals surface area contributed by atoms with Gasteiger partial charge in [-0.2, -0.15) is 0 Å². The molecule has 0 aromatic carbocycles. The molecule has 5 heteroatoms. The van der Waals surface area contributed by atoms with Crippen molar-refractivity contribution >= 4 is 11.6 Å². The van der Waals surface area contributed by atoms with E-state index in [9.17, 15) is 4.79 Å². The number of rotatable bonds is 6. The molecule has 0 atom stereocenters. The average Bonchev–Trinajstić information content (AvgIpc) is 3.32. The number of nitrogens with one attached hydrogen (secondary N) is 1. The molecule has 0 aliphatic heterocycles. The molecule has 19 heavy (non-hydrogen) atoms. The highest BCUT2D eigenvalue weighted by Gasteiger charge is 2.32. The number of nitrogens with zero attached hydrogens (tertiary/aromatic N) is 2. The molecule has 2 aliphatic rings. The predicted octanol–water partition coefficient (Wildman–Crippen LogP) is 1.63. The van der Waals surface area contributed by atoms with E-state index < -0.39 is 0 Å². The van der Waals surface area contributed by atoms with Crippen LogP contribution in [0.1, 0.15) is 36.2 Å². The highest BCUT2D eigenvalue weighted by atomic mass is 16.2. The van der Waals surface area contributed by atoms with Crippen molar-refractivity contribution in [3.05, 3.63) is 24.0 Å². The first kappa shape index (κ1) is 12.4. The van der Waals surface area contributed by atoms with Crippen LogP contribution in [0.2, 0.25) is 0 Å². The summed E-state index contributed by atoms with van der Waals surface area (Å²) in [6.07, 6.45) is 6.64. The van der Waals surface area contributed by atoms with Gasteiger partial charge in [0.15, 0.2) is 0 Å². The number of amides is 1. The lowest BCUT2D eigenvalue weighted by atomic mass is 10.2. The topological polar surface area (TPSA) is 71.2 Å². The molecule has 0 unspecified atom stereocenters. The third kappa shape index (κ3) is 3.23. The van der Waals surface area contributed by atoms with E-state index in [1.165, 1.54) is 25.7 Å². The van der Waals surface area contributed by atoms with Crippen LogP contribution in [0.3, 0.4) is 0 Å². The first-order chi connectivity index (χ1) is 9.26. The first-order valence-corrected chi connectivity index (χ1v) is 6.98. The van der Waals surface area contributed by atoms with Crippen LogP contribution in [0.15, 0.2) is 18.3 Å². The second-order valence-electron chi connectivity index (χ2n) is 5.67. The van der Waals surface area contributed by atoms with E-state index in [2.05, 4.69) is 10.4 Å². The Morgan fingerprint density at radius 3 is 2.32 bits per heavy atom. The zero-order valence-electron chi connectivity index (χ0n) is 11.0. The van der Waals surface area contributed by atoms with Crippen molar-refractivity contribution in [2.45, 2.75) is 25.7 Å². The zero-order chi connectivity index (χ0) is 13.2. The van der Waals surface area contributed by atoms with Gasteiger partial charge in [-0.25, -0.2) is 4.98 Å². The molecule has 3 N–H and O–H groups in total. The minimum absolute atomic E-state index is 0.0578. The van der Waals surface area contributed by atoms with Crippen molar-refractivity contribution in [1.82, 2.24) is 9.88 Å². The van der Waals surface area contributed by atoms with Crippen LogP contribution in [0.5, 0.6) is 0 Å². The average molecular weight is 260 g/mol. The van der Waals surface area contributed by atoms with E-state index in [0.717, 1.165) is 13.1 Å². The molecule has 1 aromatic rings. The quantitative estimate of drug-likeness (QED) is 0.602. The molecular formula is C14H20N4O. The van der Waals surface area contributed by atoms with Gasteiger partial charge in [0, 0.05) is 13.1 Å². The zero-order valence-corrected chi connectivity index (χ0v) is 11.0. The standard InChI is InChI=1S/C14H20N4O/c15-17-12-5-6-13(16-7-12)14(19)18(8-10-1-2-10)9-11-3-4-11/h5-7,10-11,17H,1-4,8-9,15H2. The lowest BCUT2D eigenvalue weighted by molar-refractivity contribution is 0.0733. The van der Waals surface area contributed by atoms with Crippen LogP contribution in [-0.2, 0) is 0 Å². The van der Waals surface area contributed by atoms with Gasteiger partial charge >= 0.3 is 0 Å². The summed E-state index contributed by atoms with van der Waals surface area (Å²) in [6.45, 7) is 1.79. The van der Waals surface area contributed by atoms with Crippen LogP contribution in [-0.4, -0.2) is 28.9 Å². The second-order valence-corrected chi connectivity index (χ2v) is 5.67. The molecule has 0 bridgehead atoms. The number of anilines is 1. The Kier molecular flexibility index (Phi) is 3.38. The molecule has 1 aromatic heterocycles. The summed E-state index contributed by atoms with van der Waals surface area (Å²) in [6, 6.07) is 3.52. The lowest BCUT2D eigenvalue weighted by Gasteiger charge is -2.22. The predicted molar refractivity (Wildman–Crippen MR) is 73.4 cm³/mol. The van der Waals surface area contributed by atoms with Crippen molar-refractivity contribution in [2.75, 3.05) is 18.5 Å². The van der Waals surface area contributed by atoms with Gasteiger partial charge in [-0.15, -0.1) is 0 Å². The number of nitrogens with two attached hydrogens (primary N) is 1. The number of carbonyl (C=O) groups is 1. The van der Waals surface area contributed by atoms with Crippen molar-refractivity contribution in [2.24, 2.45) is 17.7 Å². The summed E-state index contributed by atoms with van der Waals surface area (Å²) in [5.41, 5.74) is 3.75.